The Bertz CT molecular complexity index is 1020. The van der Waals surface area contributed by atoms with Gasteiger partial charge in [0.15, 0.2) is 0 Å². The Kier molecular flexibility index (Phi) is 8.40. The van der Waals surface area contributed by atoms with Gasteiger partial charge in [0, 0.05) is 23.4 Å². The Morgan fingerprint density at radius 1 is 0.844 bits per heavy atom. The van der Waals surface area contributed by atoms with Crippen LogP contribution in [0.1, 0.15) is 46.2 Å². The maximum absolute atomic E-state index is 12.7. The van der Waals surface area contributed by atoms with Crippen LogP contribution in [0.25, 0.3) is 0 Å². The molecular formula is C26H28N2O4. The van der Waals surface area contributed by atoms with Gasteiger partial charge in [-0.1, -0.05) is 36.4 Å². The summed E-state index contributed by atoms with van der Waals surface area (Å²) in [5.74, 6) is 0.208. The van der Waals surface area contributed by atoms with Crippen molar-refractivity contribution >= 4 is 17.5 Å². The van der Waals surface area contributed by atoms with E-state index in [1.807, 2.05) is 44.2 Å². The molecule has 32 heavy (non-hydrogen) atoms. The third-order valence-corrected chi connectivity index (χ3v) is 4.85. The maximum atomic E-state index is 12.7. The number of carbonyl (C=O) groups excluding carboxylic acids is 2. The number of benzene rings is 3. The van der Waals surface area contributed by atoms with Gasteiger partial charge >= 0.3 is 0 Å². The molecule has 3 rings (SSSR count). The first-order chi connectivity index (χ1) is 15.6. The Balaban J connectivity index is 1.58. The highest BCUT2D eigenvalue weighted by molar-refractivity contribution is 6.05. The maximum Gasteiger partial charge on any atom is 0.255 e. The third-order valence-electron chi connectivity index (χ3n) is 4.85. The first-order valence-corrected chi connectivity index (χ1v) is 10.6. The van der Waals surface area contributed by atoms with Gasteiger partial charge in [-0.15, -0.1) is 0 Å². The molecule has 0 fully saturated rings. The van der Waals surface area contributed by atoms with E-state index in [1.54, 1.807) is 48.5 Å². The molecule has 2 amide bonds. The zero-order chi connectivity index (χ0) is 22.8. The van der Waals surface area contributed by atoms with E-state index in [0.717, 1.165) is 5.56 Å². The number of amides is 2. The summed E-state index contributed by atoms with van der Waals surface area (Å²) in [5.41, 5.74) is 2.54. The van der Waals surface area contributed by atoms with E-state index in [2.05, 4.69) is 10.6 Å². The molecule has 2 N–H and O–H groups in total. The quantitative estimate of drug-likeness (QED) is 0.449. The molecule has 6 nitrogen and oxygen atoms in total. The molecule has 0 radical (unpaired) electrons. The minimum Gasteiger partial charge on any atom is -0.491 e. The van der Waals surface area contributed by atoms with Crippen molar-refractivity contribution in [2.24, 2.45) is 0 Å². The minimum atomic E-state index is -0.263. The third kappa shape index (κ3) is 6.68. The monoisotopic (exact) mass is 432 g/mol. The van der Waals surface area contributed by atoms with Crippen LogP contribution in [0.5, 0.6) is 5.75 Å². The summed E-state index contributed by atoms with van der Waals surface area (Å²) >= 11 is 0. The number of rotatable bonds is 10. The molecule has 0 spiro atoms. The second-order valence-corrected chi connectivity index (χ2v) is 7.21. The zero-order valence-corrected chi connectivity index (χ0v) is 18.3. The van der Waals surface area contributed by atoms with Gasteiger partial charge in [-0.2, -0.15) is 0 Å². The highest BCUT2D eigenvalue weighted by Crippen LogP contribution is 2.17. The van der Waals surface area contributed by atoms with E-state index in [1.165, 1.54) is 0 Å². The fourth-order valence-electron chi connectivity index (χ4n) is 3.11. The molecule has 1 atom stereocenters. The summed E-state index contributed by atoms with van der Waals surface area (Å²) in [7, 11) is 0. The average molecular weight is 433 g/mol. The minimum absolute atomic E-state index is 0.129. The largest absolute Gasteiger partial charge is 0.491 e. The van der Waals surface area contributed by atoms with Gasteiger partial charge in [-0.25, -0.2) is 0 Å². The number of carbonyl (C=O) groups is 2. The predicted molar refractivity (Wildman–Crippen MR) is 125 cm³/mol. The number of ether oxygens (including phenoxy) is 2. The summed E-state index contributed by atoms with van der Waals surface area (Å²) in [4.78, 5) is 25.3. The van der Waals surface area contributed by atoms with Crippen LogP contribution in [0.15, 0.2) is 78.9 Å². The molecule has 6 heteroatoms. The van der Waals surface area contributed by atoms with Crippen LogP contribution >= 0.6 is 0 Å². The van der Waals surface area contributed by atoms with E-state index >= 15 is 0 Å². The highest BCUT2D eigenvalue weighted by atomic mass is 16.5. The lowest BCUT2D eigenvalue weighted by Gasteiger charge is -2.15. The van der Waals surface area contributed by atoms with Crippen molar-refractivity contribution < 1.29 is 19.1 Å². The molecule has 3 aromatic carbocycles. The van der Waals surface area contributed by atoms with E-state index in [-0.39, 0.29) is 17.9 Å². The smallest absolute Gasteiger partial charge is 0.255 e. The van der Waals surface area contributed by atoms with Gasteiger partial charge in [0.05, 0.1) is 12.6 Å². The Hall–Kier alpha value is -3.64. The fraction of sp³-hybridized carbons (Fsp3) is 0.231. The first kappa shape index (κ1) is 23.0. The van der Waals surface area contributed by atoms with Gasteiger partial charge in [0.1, 0.15) is 12.4 Å². The lowest BCUT2D eigenvalue weighted by molar-refractivity contribution is 0.0938. The summed E-state index contributed by atoms with van der Waals surface area (Å²) in [6.45, 7) is 5.49. The number of hydrogen-bond acceptors (Lipinski definition) is 4. The molecule has 0 bridgehead atoms. The van der Waals surface area contributed by atoms with E-state index in [4.69, 9.17) is 9.47 Å². The number of nitrogens with one attached hydrogen (secondary N) is 2. The van der Waals surface area contributed by atoms with Crippen molar-refractivity contribution in [3.63, 3.8) is 0 Å². The average Bonchev–Trinajstić information content (AvgIpc) is 2.83. The van der Waals surface area contributed by atoms with Crippen molar-refractivity contribution in [1.29, 1.82) is 0 Å². The van der Waals surface area contributed by atoms with Crippen molar-refractivity contribution in [2.75, 3.05) is 25.1 Å². The number of hydrogen-bond donors (Lipinski definition) is 2. The molecule has 0 aromatic heterocycles. The van der Waals surface area contributed by atoms with Crippen molar-refractivity contribution in [3.8, 4) is 5.75 Å². The Labute approximate surface area is 188 Å². The summed E-state index contributed by atoms with van der Waals surface area (Å²) in [6.07, 6.45) is 0. The van der Waals surface area contributed by atoms with Gasteiger partial charge < -0.3 is 20.1 Å². The molecule has 0 saturated heterocycles. The molecule has 166 valence electrons. The molecule has 0 aliphatic heterocycles. The molecular weight excluding hydrogens is 404 g/mol. The SMILES string of the molecule is CCOCCOc1ccc(C(=O)Nc2cccc(C(=O)NC(C)c3ccccc3)c2)cc1. The second kappa shape index (κ2) is 11.7. The van der Waals surface area contributed by atoms with E-state index in [0.29, 0.717) is 42.4 Å². The van der Waals surface area contributed by atoms with Crippen LogP contribution in [-0.4, -0.2) is 31.6 Å². The zero-order valence-electron chi connectivity index (χ0n) is 18.3. The van der Waals surface area contributed by atoms with Crippen LogP contribution in [-0.2, 0) is 4.74 Å². The van der Waals surface area contributed by atoms with E-state index < -0.39 is 0 Å². The normalized spacial score (nSPS) is 11.4. The fourth-order valence-corrected chi connectivity index (χ4v) is 3.11. The molecule has 0 aliphatic rings. The van der Waals surface area contributed by atoms with Gasteiger partial charge in [-0.3, -0.25) is 9.59 Å². The molecule has 0 saturated carbocycles. The summed E-state index contributed by atoms with van der Waals surface area (Å²) < 4.78 is 10.8. The van der Waals surface area contributed by atoms with Gasteiger partial charge in [0.2, 0.25) is 0 Å². The van der Waals surface area contributed by atoms with Crippen LogP contribution in [0.3, 0.4) is 0 Å². The first-order valence-electron chi connectivity index (χ1n) is 10.6. The van der Waals surface area contributed by atoms with Crippen LogP contribution in [0.2, 0.25) is 0 Å². The molecule has 0 aliphatic carbocycles. The standard InChI is InChI=1S/C26H28N2O4/c1-3-31-16-17-32-24-14-12-21(13-15-24)25(29)28-23-11-7-10-22(18-23)26(30)27-19(2)20-8-5-4-6-9-20/h4-15,18-19H,3,16-17H2,1-2H3,(H,27,30)(H,28,29). The topological polar surface area (TPSA) is 76.7 Å². The van der Waals surface area contributed by atoms with Gasteiger partial charge in [-0.05, 0) is 61.9 Å². The Morgan fingerprint density at radius 3 is 2.31 bits per heavy atom. The van der Waals surface area contributed by atoms with Crippen molar-refractivity contribution in [1.82, 2.24) is 5.32 Å². The number of anilines is 1. The molecule has 3 aromatic rings. The predicted octanol–water partition coefficient (Wildman–Crippen LogP) is 4.85. The lowest BCUT2D eigenvalue weighted by Crippen LogP contribution is -2.26. The Morgan fingerprint density at radius 2 is 1.59 bits per heavy atom. The highest BCUT2D eigenvalue weighted by Gasteiger charge is 2.13. The van der Waals surface area contributed by atoms with Crippen molar-refractivity contribution in [3.05, 3.63) is 95.6 Å². The second-order valence-electron chi connectivity index (χ2n) is 7.21. The molecule has 1 unspecified atom stereocenters. The van der Waals surface area contributed by atoms with Crippen LogP contribution in [0.4, 0.5) is 5.69 Å². The van der Waals surface area contributed by atoms with E-state index in [9.17, 15) is 9.59 Å². The summed E-state index contributed by atoms with van der Waals surface area (Å²) in [6, 6.07) is 23.4. The lowest BCUT2D eigenvalue weighted by atomic mass is 10.1. The van der Waals surface area contributed by atoms with Crippen molar-refractivity contribution in [2.45, 2.75) is 19.9 Å². The summed E-state index contributed by atoms with van der Waals surface area (Å²) in [5, 5.41) is 5.82. The molecule has 0 heterocycles. The van der Waals surface area contributed by atoms with Gasteiger partial charge in [0.25, 0.3) is 11.8 Å². The van der Waals surface area contributed by atoms with Crippen LogP contribution < -0.4 is 15.4 Å². The van der Waals surface area contributed by atoms with Crippen LogP contribution in [0, 0.1) is 0 Å².